The number of para-hydroxylation sites is 1. The van der Waals surface area contributed by atoms with E-state index < -0.39 is 18.1 Å². The van der Waals surface area contributed by atoms with Gasteiger partial charge < -0.3 is 9.47 Å². The first-order chi connectivity index (χ1) is 19.1. The maximum Gasteiger partial charge on any atom is 0.266 e. The van der Waals surface area contributed by atoms with Gasteiger partial charge in [0, 0.05) is 5.39 Å². The number of imide groups is 1. The number of carbonyl (C=O) groups is 2. The van der Waals surface area contributed by atoms with Gasteiger partial charge in [0.1, 0.15) is 5.92 Å². The molecule has 0 aliphatic carbocycles. The number of fused-ring (bicyclic) bond motifs is 2. The minimum absolute atomic E-state index is 0.283. The Morgan fingerprint density at radius 1 is 0.795 bits per heavy atom. The van der Waals surface area contributed by atoms with Crippen LogP contribution in [0.3, 0.4) is 0 Å². The summed E-state index contributed by atoms with van der Waals surface area (Å²) >= 11 is 0. The van der Waals surface area contributed by atoms with Gasteiger partial charge in [-0.2, -0.15) is 0 Å². The summed E-state index contributed by atoms with van der Waals surface area (Å²) < 4.78 is 11.8. The molecule has 198 valence electrons. The Hall–Kier alpha value is -4.36. The molecule has 2 amide bonds. The number of hydrogen-bond acceptors (Lipinski definition) is 6. The highest BCUT2D eigenvalue weighted by atomic mass is 16.7. The van der Waals surface area contributed by atoms with Crippen molar-refractivity contribution in [2.24, 2.45) is 5.92 Å². The van der Waals surface area contributed by atoms with E-state index in [-0.39, 0.29) is 11.8 Å². The zero-order valence-electron chi connectivity index (χ0n) is 21.9. The van der Waals surface area contributed by atoms with Crippen molar-refractivity contribution in [2.75, 3.05) is 23.2 Å². The molecule has 0 radical (unpaired) electrons. The van der Waals surface area contributed by atoms with E-state index in [1.54, 1.807) is 5.06 Å². The molecule has 0 bridgehead atoms. The van der Waals surface area contributed by atoms with Crippen LogP contribution in [-0.2, 0) is 14.4 Å². The summed E-state index contributed by atoms with van der Waals surface area (Å²) in [6.45, 7) is 5.00. The molecule has 2 fully saturated rings. The van der Waals surface area contributed by atoms with Gasteiger partial charge in [0.15, 0.2) is 17.6 Å². The molecule has 3 atom stereocenters. The fourth-order valence-electron chi connectivity index (χ4n) is 5.50. The van der Waals surface area contributed by atoms with Crippen LogP contribution in [0.2, 0.25) is 0 Å². The first-order valence-electron chi connectivity index (χ1n) is 13.4. The zero-order valence-corrected chi connectivity index (χ0v) is 21.9. The molecule has 7 heteroatoms. The van der Waals surface area contributed by atoms with E-state index in [0.29, 0.717) is 30.4 Å². The van der Waals surface area contributed by atoms with Crippen LogP contribution in [0.5, 0.6) is 11.5 Å². The van der Waals surface area contributed by atoms with Crippen LogP contribution in [0.1, 0.15) is 31.9 Å². The third-order valence-electron chi connectivity index (χ3n) is 7.20. The van der Waals surface area contributed by atoms with Crippen LogP contribution in [0.4, 0.5) is 11.4 Å². The van der Waals surface area contributed by atoms with Crippen molar-refractivity contribution in [3.8, 4) is 11.5 Å². The standard InChI is InChI=1S/C32H30N2O5/c1-3-19-38-26-18-17-22(20-27(26)37-4-2)29-28-30(39-34(29)23-13-6-5-7-14-23)32(36)33(31(28)35)25-16-10-12-21-11-8-9-15-24(21)25/h5-18,20,28-30H,3-4,19H2,1-2H3/t28-,29-,30-/m1/s1. The van der Waals surface area contributed by atoms with Crippen LogP contribution in [-0.4, -0.2) is 31.1 Å². The summed E-state index contributed by atoms with van der Waals surface area (Å²) in [5.41, 5.74) is 2.14. The topological polar surface area (TPSA) is 68.3 Å². The van der Waals surface area contributed by atoms with Crippen molar-refractivity contribution in [3.05, 3.63) is 96.6 Å². The van der Waals surface area contributed by atoms with Crippen molar-refractivity contribution in [1.82, 2.24) is 0 Å². The van der Waals surface area contributed by atoms with Crippen molar-refractivity contribution in [3.63, 3.8) is 0 Å². The second-order valence-corrected chi connectivity index (χ2v) is 9.66. The number of hydroxylamine groups is 1. The summed E-state index contributed by atoms with van der Waals surface area (Å²) in [5.74, 6) is -0.140. The summed E-state index contributed by atoms with van der Waals surface area (Å²) in [6.07, 6.45) is -0.0797. The molecule has 4 aromatic carbocycles. The van der Waals surface area contributed by atoms with E-state index in [2.05, 4.69) is 0 Å². The second kappa shape index (κ2) is 10.4. The lowest BCUT2D eigenvalue weighted by atomic mass is 9.90. The molecule has 0 saturated carbocycles. The molecular formula is C32H30N2O5. The summed E-state index contributed by atoms with van der Waals surface area (Å²) in [4.78, 5) is 35.6. The van der Waals surface area contributed by atoms with Crippen LogP contribution in [0, 0.1) is 5.92 Å². The summed E-state index contributed by atoms with van der Waals surface area (Å²) in [7, 11) is 0. The Bertz CT molecular complexity index is 1520. The normalized spacial score (nSPS) is 20.5. The van der Waals surface area contributed by atoms with Crippen LogP contribution < -0.4 is 19.4 Å². The molecule has 7 nitrogen and oxygen atoms in total. The van der Waals surface area contributed by atoms with Gasteiger partial charge in [-0.15, -0.1) is 0 Å². The number of ether oxygens (including phenoxy) is 2. The maximum atomic E-state index is 14.2. The average Bonchev–Trinajstić information content (AvgIpc) is 3.48. The fraction of sp³-hybridized carbons (Fsp3) is 0.250. The smallest absolute Gasteiger partial charge is 0.266 e. The van der Waals surface area contributed by atoms with Crippen LogP contribution in [0.15, 0.2) is 91.0 Å². The monoisotopic (exact) mass is 522 g/mol. The maximum absolute atomic E-state index is 14.2. The van der Waals surface area contributed by atoms with Crippen molar-refractivity contribution in [2.45, 2.75) is 32.4 Å². The molecule has 4 aromatic rings. The Morgan fingerprint density at radius 2 is 1.56 bits per heavy atom. The van der Waals surface area contributed by atoms with Crippen molar-refractivity contribution >= 4 is 34.0 Å². The highest BCUT2D eigenvalue weighted by Crippen LogP contribution is 2.49. The number of hydrogen-bond donors (Lipinski definition) is 0. The first-order valence-corrected chi connectivity index (χ1v) is 13.4. The molecule has 0 spiro atoms. The molecule has 6 rings (SSSR count). The third kappa shape index (κ3) is 4.29. The lowest BCUT2D eigenvalue weighted by Gasteiger charge is -2.29. The molecule has 2 heterocycles. The van der Waals surface area contributed by atoms with Gasteiger partial charge in [-0.05, 0) is 54.6 Å². The Kier molecular flexibility index (Phi) is 6.67. The van der Waals surface area contributed by atoms with E-state index >= 15 is 0 Å². The second-order valence-electron chi connectivity index (χ2n) is 9.66. The van der Waals surface area contributed by atoms with Crippen molar-refractivity contribution < 1.29 is 23.9 Å². The lowest BCUT2D eigenvalue weighted by molar-refractivity contribution is -0.126. The summed E-state index contributed by atoms with van der Waals surface area (Å²) in [6, 6.07) is 28.1. The van der Waals surface area contributed by atoms with Gasteiger partial charge >= 0.3 is 0 Å². The van der Waals surface area contributed by atoms with E-state index in [9.17, 15) is 9.59 Å². The molecule has 2 aliphatic rings. The molecule has 0 N–H and O–H groups in total. The molecular weight excluding hydrogens is 492 g/mol. The summed E-state index contributed by atoms with van der Waals surface area (Å²) in [5, 5.41) is 3.50. The molecule has 39 heavy (non-hydrogen) atoms. The largest absolute Gasteiger partial charge is 0.490 e. The zero-order chi connectivity index (χ0) is 26.9. The van der Waals surface area contributed by atoms with Gasteiger partial charge in [-0.3, -0.25) is 14.4 Å². The van der Waals surface area contributed by atoms with Gasteiger partial charge in [-0.1, -0.05) is 67.6 Å². The van der Waals surface area contributed by atoms with E-state index in [0.717, 1.165) is 28.4 Å². The van der Waals surface area contributed by atoms with Crippen molar-refractivity contribution in [1.29, 1.82) is 0 Å². The Labute approximate surface area is 227 Å². The quantitative estimate of drug-likeness (QED) is 0.261. The minimum Gasteiger partial charge on any atom is -0.490 e. The molecule has 0 unspecified atom stereocenters. The number of rotatable bonds is 8. The van der Waals surface area contributed by atoms with E-state index in [1.807, 2.05) is 105 Å². The van der Waals surface area contributed by atoms with Gasteiger partial charge in [0.2, 0.25) is 5.91 Å². The fourth-order valence-corrected chi connectivity index (χ4v) is 5.50. The van der Waals surface area contributed by atoms with Gasteiger partial charge in [0.05, 0.1) is 30.6 Å². The van der Waals surface area contributed by atoms with Crippen LogP contribution in [0.25, 0.3) is 10.8 Å². The third-order valence-corrected chi connectivity index (χ3v) is 7.20. The number of anilines is 2. The predicted molar refractivity (Wildman–Crippen MR) is 150 cm³/mol. The minimum atomic E-state index is -0.951. The SMILES string of the molecule is CCCOc1ccc([C@@H]2[C@H]3C(=O)N(c4cccc5ccccc45)C(=O)[C@@H]3ON2c2ccccc2)cc1OCC. The molecule has 0 aromatic heterocycles. The van der Waals surface area contributed by atoms with Gasteiger partial charge in [0.25, 0.3) is 5.91 Å². The van der Waals surface area contributed by atoms with E-state index in [1.165, 1.54) is 4.90 Å². The van der Waals surface area contributed by atoms with Gasteiger partial charge in [-0.25, -0.2) is 9.96 Å². The van der Waals surface area contributed by atoms with Crippen LogP contribution >= 0.6 is 0 Å². The van der Waals surface area contributed by atoms with E-state index in [4.69, 9.17) is 14.3 Å². The molecule has 2 saturated heterocycles. The number of carbonyl (C=O) groups excluding carboxylic acids is 2. The highest BCUT2D eigenvalue weighted by Gasteiger charge is 2.60. The Morgan fingerprint density at radius 3 is 2.36 bits per heavy atom. The number of amides is 2. The first kappa shape index (κ1) is 24.9. The lowest BCUT2D eigenvalue weighted by Crippen LogP contribution is -2.37. The number of benzene rings is 4. The highest BCUT2D eigenvalue weighted by molar-refractivity contribution is 6.26. The molecule has 2 aliphatic heterocycles. The number of nitrogens with zero attached hydrogens (tertiary/aromatic N) is 2. The predicted octanol–water partition coefficient (Wildman–Crippen LogP) is 6.08. The Balaban J connectivity index is 1.44. The average molecular weight is 523 g/mol.